The minimum absolute atomic E-state index is 0.808. The van der Waals surface area contributed by atoms with Crippen LogP contribution in [-0.4, -0.2) is 23.5 Å². The van der Waals surface area contributed by atoms with E-state index in [0.717, 1.165) is 31.9 Å². The summed E-state index contributed by atoms with van der Waals surface area (Å²) in [4.78, 5) is 6.36. The lowest BCUT2D eigenvalue weighted by molar-refractivity contribution is 0.285. The van der Waals surface area contributed by atoms with Gasteiger partial charge in [0.15, 0.2) is 0 Å². The Labute approximate surface area is 114 Å². The van der Waals surface area contributed by atoms with Crippen LogP contribution in [0.2, 0.25) is 0 Å². The highest BCUT2D eigenvalue weighted by Gasteiger charge is 2.09. The molecule has 0 spiro atoms. The molecule has 102 valence electrons. The molecule has 0 unspecified atom stereocenters. The third kappa shape index (κ3) is 4.19. The molecule has 4 heteroatoms. The van der Waals surface area contributed by atoms with Crippen LogP contribution >= 0.6 is 0 Å². The summed E-state index contributed by atoms with van der Waals surface area (Å²) in [5.74, 6) is 1.03. The summed E-state index contributed by atoms with van der Waals surface area (Å²) in [6, 6.07) is 6.09. The zero-order valence-corrected chi connectivity index (χ0v) is 11.6. The van der Waals surface area contributed by atoms with E-state index in [2.05, 4.69) is 35.2 Å². The van der Waals surface area contributed by atoms with Gasteiger partial charge in [-0.2, -0.15) is 0 Å². The van der Waals surface area contributed by atoms with Crippen LogP contribution in [0.1, 0.15) is 23.8 Å². The fraction of sp³-hybridized carbons (Fsp3) is 0.400. The Morgan fingerprint density at radius 1 is 1.32 bits per heavy atom. The molecular weight excluding hydrogens is 238 g/mol. The van der Waals surface area contributed by atoms with Crippen LogP contribution in [0.4, 0.5) is 0 Å². The largest absolute Gasteiger partial charge is 0.468 e. The van der Waals surface area contributed by atoms with Gasteiger partial charge in [-0.3, -0.25) is 9.88 Å². The number of hydrogen-bond acceptors (Lipinski definition) is 4. The molecule has 2 aromatic heterocycles. The summed E-state index contributed by atoms with van der Waals surface area (Å²) in [5.41, 5.74) is 2.45. The number of nitrogens with one attached hydrogen (secondary N) is 1. The predicted octanol–water partition coefficient (Wildman–Crippen LogP) is 2.42. The molecule has 0 aliphatic heterocycles. The fourth-order valence-electron chi connectivity index (χ4n) is 2.03. The molecule has 0 fully saturated rings. The smallest absolute Gasteiger partial charge is 0.122 e. The van der Waals surface area contributed by atoms with E-state index >= 15 is 0 Å². The van der Waals surface area contributed by atoms with Crippen LogP contribution in [0, 0.1) is 0 Å². The Kier molecular flexibility index (Phi) is 5.12. The van der Waals surface area contributed by atoms with Crippen LogP contribution in [0.5, 0.6) is 0 Å². The van der Waals surface area contributed by atoms with Gasteiger partial charge in [0.05, 0.1) is 12.8 Å². The minimum atomic E-state index is 0.808. The van der Waals surface area contributed by atoms with Crippen molar-refractivity contribution in [3.63, 3.8) is 0 Å². The standard InChI is InChI=1S/C15H21N3O/c1-3-16-10-14-6-8-19-15(14)12-18(2)11-13-5-4-7-17-9-13/h4-9,16H,3,10-12H2,1-2H3. The van der Waals surface area contributed by atoms with Crippen molar-refractivity contribution in [2.45, 2.75) is 26.6 Å². The highest BCUT2D eigenvalue weighted by atomic mass is 16.3. The van der Waals surface area contributed by atoms with E-state index < -0.39 is 0 Å². The van der Waals surface area contributed by atoms with E-state index in [0.29, 0.717) is 0 Å². The second-order valence-electron chi connectivity index (χ2n) is 4.68. The molecule has 0 saturated carbocycles. The first-order valence-electron chi connectivity index (χ1n) is 6.63. The SMILES string of the molecule is CCNCc1ccoc1CN(C)Cc1cccnc1. The fourth-order valence-corrected chi connectivity index (χ4v) is 2.03. The second-order valence-corrected chi connectivity index (χ2v) is 4.68. The first-order valence-corrected chi connectivity index (χ1v) is 6.63. The maximum atomic E-state index is 5.57. The molecule has 0 aliphatic carbocycles. The van der Waals surface area contributed by atoms with Gasteiger partial charge in [-0.05, 0) is 31.3 Å². The summed E-state index contributed by atoms with van der Waals surface area (Å²) in [5, 5.41) is 3.33. The molecule has 0 bridgehead atoms. The first kappa shape index (κ1) is 13.8. The molecule has 1 N–H and O–H groups in total. The molecule has 0 amide bonds. The van der Waals surface area contributed by atoms with Crippen molar-refractivity contribution in [1.29, 1.82) is 0 Å². The van der Waals surface area contributed by atoms with Gasteiger partial charge in [0.1, 0.15) is 5.76 Å². The Bertz CT molecular complexity index is 481. The van der Waals surface area contributed by atoms with Crippen molar-refractivity contribution in [1.82, 2.24) is 15.2 Å². The molecule has 2 heterocycles. The van der Waals surface area contributed by atoms with Crippen molar-refractivity contribution in [3.05, 3.63) is 53.7 Å². The molecule has 19 heavy (non-hydrogen) atoms. The highest BCUT2D eigenvalue weighted by molar-refractivity contribution is 5.17. The number of aromatic nitrogens is 1. The summed E-state index contributed by atoms with van der Waals surface area (Å²) in [7, 11) is 2.09. The van der Waals surface area contributed by atoms with E-state index in [4.69, 9.17) is 4.42 Å². The molecule has 2 aromatic rings. The average molecular weight is 259 g/mol. The van der Waals surface area contributed by atoms with Gasteiger partial charge in [0.25, 0.3) is 0 Å². The molecule has 0 aliphatic rings. The van der Waals surface area contributed by atoms with Gasteiger partial charge < -0.3 is 9.73 Å². The highest BCUT2D eigenvalue weighted by Crippen LogP contribution is 2.14. The van der Waals surface area contributed by atoms with E-state index in [1.165, 1.54) is 11.1 Å². The minimum Gasteiger partial charge on any atom is -0.468 e. The normalized spacial score (nSPS) is 11.1. The molecule has 0 aromatic carbocycles. The van der Waals surface area contributed by atoms with Gasteiger partial charge in [-0.1, -0.05) is 13.0 Å². The van der Waals surface area contributed by atoms with Crippen LogP contribution in [0.25, 0.3) is 0 Å². The number of furan rings is 1. The van der Waals surface area contributed by atoms with Crippen molar-refractivity contribution < 1.29 is 4.42 Å². The monoisotopic (exact) mass is 259 g/mol. The van der Waals surface area contributed by atoms with Crippen LogP contribution in [-0.2, 0) is 19.6 Å². The maximum absolute atomic E-state index is 5.57. The summed E-state index contributed by atoms with van der Waals surface area (Å²) in [6.45, 7) is 5.62. The molecule has 0 saturated heterocycles. The van der Waals surface area contributed by atoms with Gasteiger partial charge in [0.2, 0.25) is 0 Å². The van der Waals surface area contributed by atoms with E-state index in [1.807, 2.05) is 18.3 Å². The van der Waals surface area contributed by atoms with E-state index in [9.17, 15) is 0 Å². The Hall–Kier alpha value is -1.65. The summed E-state index contributed by atoms with van der Waals surface area (Å²) in [6.07, 6.45) is 5.46. The van der Waals surface area contributed by atoms with Gasteiger partial charge >= 0.3 is 0 Å². The van der Waals surface area contributed by atoms with Crippen molar-refractivity contribution >= 4 is 0 Å². The lowest BCUT2D eigenvalue weighted by atomic mass is 10.2. The van der Waals surface area contributed by atoms with Gasteiger partial charge in [0, 0.05) is 31.0 Å². The second kappa shape index (κ2) is 7.07. The topological polar surface area (TPSA) is 41.3 Å². The number of pyridine rings is 1. The number of nitrogens with zero attached hydrogens (tertiary/aromatic N) is 2. The maximum Gasteiger partial charge on any atom is 0.122 e. The lowest BCUT2D eigenvalue weighted by Gasteiger charge is -2.16. The third-order valence-electron chi connectivity index (χ3n) is 2.99. The molecule has 2 rings (SSSR count). The van der Waals surface area contributed by atoms with E-state index in [1.54, 1.807) is 12.5 Å². The Morgan fingerprint density at radius 3 is 2.95 bits per heavy atom. The predicted molar refractivity (Wildman–Crippen MR) is 75.5 cm³/mol. The summed E-state index contributed by atoms with van der Waals surface area (Å²) >= 11 is 0. The quantitative estimate of drug-likeness (QED) is 0.829. The van der Waals surface area contributed by atoms with Crippen LogP contribution in [0.15, 0.2) is 41.3 Å². The van der Waals surface area contributed by atoms with Gasteiger partial charge in [-0.15, -0.1) is 0 Å². The molecular formula is C15H21N3O. The lowest BCUT2D eigenvalue weighted by Crippen LogP contribution is -2.19. The van der Waals surface area contributed by atoms with Crippen molar-refractivity contribution in [2.24, 2.45) is 0 Å². The first-order chi connectivity index (χ1) is 9.29. The Balaban J connectivity index is 1.91. The van der Waals surface area contributed by atoms with Gasteiger partial charge in [-0.25, -0.2) is 0 Å². The van der Waals surface area contributed by atoms with Crippen molar-refractivity contribution in [2.75, 3.05) is 13.6 Å². The Morgan fingerprint density at radius 2 is 2.21 bits per heavy atom. The number of hydrogen-bond donors (Lipinski definition) is 1. The van der Waals surface area contributed by atoms with Crippen molar-refractivity contribution in [3.8, 4) is 0 Å². The average Bonchev–Trinajstić information content (AvgIpc) is 2.84. The zero-order chi connectivity index (χ0) is 13.5. The molecule has 0 radical (unpaired) electrons. The molecule has 0 atom stereocenters. The summed E-state index contributed by atoms with van der Waals surface area (Å²) < 4.78 is 5.57. The zero-order valence-electron chi connectivity index (χ0n) is 11.6. The van der Waals surface area contributed by atoms with Crippen LogP contribution < -0.4 is 5.32 Å². The van der Waals surface area contributed by atoms with E-state index in [-0.39, 0.29) is 0 Å². The number of rotatable bonds is 7. The third-order valence-corrected chi connectivity index (χ3v) is 2.99. The molecule has 4 nitrogen and oxygen atoms in total. The van der Waals surface area contributed by atoms with Crippen LogP contribution in [0.3, 0.4) is 0 Å².